The summed E-state index contributed by atoms with van der Waals surface area (Å²) in [6.07, 6.45) is 2.16. The van der Waals surface area contributed by atoms with Gasteiger partial charge >= 0.3 is 0 Å². The second kappa shape index (κ2) is 7.61. The maximum absolute atomic E-state index is 12.5. The Morgan fingerprint density at radius 3 is 2.96 bits per heavy atom. The van der Waals surface area contributed by atoms with Crippen LogP contribution in [0.3, 0.4) is 0 Å². The van der Waals surface area contributed by atoms with Gasteiger partial charge in [-0.3, -0.25) is 10.1 Å². The third-order valence-corrected chi connectivity index (χ3v) is 5.55. The van der Waals surface area contributed by atoms with Crippen LogP contribution in [0, 0.1) is 6.92 Å². The Labute approximate surface area is 161 Å². The topological polar surface area (TPSA) is 97.9 Å². The quantitative estimate of drug-likeness (QED) is 0.699. The minimum atomic E-state index is -0.184. The first-order valence-electron chi connectivity index (χ1n) is 9.02. The molecular formula is C18H22N6O2S. The number of oxazole rings is 1. The third-order valence-electron chi connectivity index (χ3n) is 4.69. The first-order valence-corrected chi connectivity index (χ1v) is 9.90. The Morgan fingerprint density at radius 2 is 2.22 bits per heavy atom. The predicted molar refractivity (Wildman–Crippen MR) is 103 cm³/mol. The fourth-order valence-corrected chi connectivity index (χ4v) is 3.83. The van der Waals surface area contributed by atoms with Gasteiger partial charge < -0.3 is 9.73 Å². The summed E-state index contributed by atoms with van der Waals surface area (Å²) < 4.78 is 7.32. The maximum Gasteiger partial charge on any atom is 0.236 e. The molecule has 0 aliphatic carbocycles. The van der Waals surface area contributed by atoms with Gasteiger partial charge in [-0.2, -0.15) is 10.1 Å². The highest BCUT2D eigenvalue weighted by atomic mass is 32.1. The van der Waals surface area contributed by atoms with Gasteiger partial charge in [0.15, 0.2) is 5.82 Å². The number of aromatic nitrogens is 4. The van der Waals surface area contributed by atoms with E-state index in [2.05, 4.69) is 25.7 Å². The molecule has 3 aromatic heterocycles. The van der Waals surface area contributed by atoms with Crippen LogP contribution in [0.1, 0.15) is 36.0 Å². The largest absolute Gasteiger partial charge is 0.440 e. The molecule has 1 saturated heterocycles. The van der Waals surface area contributed by atoms with Crippen molar-refractivity contribution in [2.24, 2.45) is 7.05 Å². The average Bonchev–Trinajstić information content (AvgIpc) is 3.38. The number of hydrogen-bond acceptors (Lipinski definition) is 7. The first-order chi connectivity index (χ1) is 13.1. The van der Waals surface area contributed by atoms with E-state index >= 15 is 0 Å². The normalized spacial score (nSPS) is 15.2. The lowest BCUT2D eigenvalue weighted by Gasteiger charge is -2.19. The number of anilines is 1. The number of hydrogen-bond donors (Lipinski definition) is 2. The molecule has 0 atom stereocenters. The minimum absolute atomic E-state index is 0.135. The first kappa shape index (κ1) is 17.9. The number of aryl methyl sites for hydroxylation is 2. The third kappa shape index (κ3) is 3.93. The van der Waals surface area contributed by atoms with Gasteiger partial charge in [0.25, 0.3) is 0 Å². The van der Waals surface area contributed by atoms with Gasteiger partial charge in [-0.25, -0.2) is 9.67 Å². The zero-order valence-corrected chi connectivity index (χ0v) is 16.2. The van der Waals surface area contributed by atoms with Gasteiger partial charge in [-0.15, -0.1) is 11.3 Å². The molecule has 1 amide bonds. The van der Waals surface area contributed by atoms with Crippen LogP contribution in [-0.4, -0.2) is 38.7 Å². The van der Waals surface area contributed by atoms with Crippen LogP contribution in [0.5, 0.6) is 0 Å². The van der Waals surface area contributed by atoms with Crippen molar-refractivity contribution in [2.45, 2.75) is 32.1 Å². The van der Waals surface area contributed by atoms with Crippen molar-refractivity contribution in [3.8, 4) is 10.8 Å². The van der Waals surface area contributed by atoms with E-state index in [1.54, 1.807) is 23.1 Å². The molecule has 0 aromatic carbocycles. The van der Waals surface area contributed by atoms with E-state index in [9.17, 15) is 4.79 Å². The summed E-state index contributed by atoms with van der Waals surface area (Å²) in [6.45, 7) is 3.77. The van der Waals surface area contributed by atoms with Crippen LogP contribution in [-0.2, 0) is 18.3 Å². The Morgan fingerprint density at radius 1 is 1.41 bits per heavy atom. The molecule has 1 aliphatic heterocycles. The Kier molecular flexibility index (Phi) is 5.04. The second-order valence-corrected chi connectivity index (χ2v) is 7.61. The van der Waals surface area contributed by atoms with Crippen molar-refractivity contribution in [2.75, 3.05) is 18.4 Å². The molecule has 0 saturated carbocycles. The lowest BCUT2D eigenvalue weighted by molar-refractivity contribution is -0.115. The molecule has 9 heteroatoms. The summed E-state index contributed by atoms with van der Waals surface area (Å²) >= 11 is 1.55. The van der Waals surface area contributed by atoms with E-state index in [0.29, 0.717) is 29.2 Å². The van der Waals surface area contributed by atoms with Crippen molar-refractivity contribution in [3.63, 3.8) is 0 Å². The van der Waals surface area contributed by atoms with Gasteiger partial charge in [0.05, 0.1) is 17.0 Å². The smallest absolute Gasteiger partial charge is 0.236 e. The molecule has 3 aromatic rings. The van der Waals surface area contributed by atoms with Crippen molar-refractivity contribution >= 4 is 23.2 Å². The number of carbonyl (C=O) groups excluding carboxylic acids is 1. The van der Waals surface area contributed by atoms with Crippen molar-refractivity contribution in [1.29, 1.82) is 0 Å². The molecule has 4 rings (SSSR count). The van der Waals surface area contributed by atoms with Crippen LogP contribution < -0.4 is 10.6 Å². The molecule has 1 aliphatic rings. The SMILES string of the molecule is Cc1oc(-c2cccs2)nc1CC(=O)Nc1nc(C2CCNCC2)nn1C. The highest BCUT2D eigenvalue weighted by molar-refractivity contribution is 7.13. The highest BCUT2D eigenvalue weighted by Gasteiger charge is 2.22. The number of carbonyl (C=O) groups is 1. The molecule has 1 fully saturated rings. The van der Waals surface area contributed by atoms with E-state index in [1.807, 2.05) is 24.4 Å². The van der Waals surface area contributed by atoms with Crippen molar-refractivity contribution < 1.29 is 9.21 Å². The molecule has 0 spiro atoms. The summed E-state index contributed by atoms with van der Waals surface area (Å²) in [5.41, 5.74) is 0.636. The zero-order chi connectivity index (χ0) is 18.8. The molecule has 4 heterocycles. The van der Waals surface area contributed by atoms with Gasteiger partial charge in [0.2, 0.25) is 17.7 Å². The number of thiophene rings is 1. The molecule has 142 valence electrons. The number of nitrogens with zero attached hydrogens (tertiary/aromatic N) is 4. The minimum Gasteiger partial charge on any atom is -0.440 e. The summed E-state index contributed by atoms with van der Waals surface area (Å²) in [6, 6.07) is 3.89. The summed E-state index contributed by atoms with van der Waals surface area (Å²) in [7, 11) is 1.80. The lowest BCUT2D eigenvalue weighted by atomic mass is 9.98. The van der Waals surface area contributed by atoms with Crippen LogP contribution in [0.4, 0.5) is 5.95 Å². The summed E-state index contributed by atoms with van der Waals surface area (Å²) in [5, 5.41) is 12.6. The predicted octanol–water partition coefficient (Wildman–Crippen LogP) is 2.49. The molecule has 0 radical (unpaired) electrons. The Hall–Kier alpha value is -2.52. The molecular weight excluding hydrogens is 364 g/mol. The number of amides is 1. The Bertz CT molecular complexity index is 924. The van der Waals surface area contributed by atoms with Gasteiger partial charge in [0.1, 0.15) is 5.76 Å². The molecule has 2 N–H and O–H groups in total. The van der Waals surface area contributed by atoms with Gasteiger partial charge in [-0.05, 0) is 44.3 Å². The van der Waals surface area contributed by atoms with E-state index < -0.39 is 0 Å². The van der Waals surface area contributed by atoms with E-state index in [0.717, 1.165) is 36.6 Å². The monoisotopic (exact) mass is 386 g/mol. The fraction of sp³-hybridized carbons (Fsp3) is 0.444. The van der Waals surface area contributed by atoms with E-state index in [-0.39, 0.29) is 12.3 Å². The van der Waals surface area contributed by atoms with E-state index in [1.165, 1.54) is 0 Å². The molecule has 27 heavy (non-hydrogen) atoms. The van der Waals surface area contributed by atoms with Crippen LogP contribution in [0.15, 0.2) is 21.9 Å². The standard InChI is InChI=1S/C18H22N6O2S/c1-11-13(20-17(26-11)14-4-3-9-27-14)10-15(25)21-18-22-16(23-24(18)2)12-5-7-19-8-6-12/h3-4,9,12,19H,5-8,10H2,1-2H3,(H,21,22,23,25). The fourth-order valence-electron chi connectivity index (χ4n) is 3.18. The average molecular weight is 386 g/mol. The highest BCUT2D eigenvalue weighted by Crippen LogP contribution is 2.26. The Balaban J connectivity index is 1.43. The molecule has 0 unspecified atom stereocenters. The summed E-state index contributed by atoms with van der Waals surface area (Å²) in [5.74, 6) is 2.63. The molecule has 8 nitrogen and oxygen atoms in total. The number of rotatable bonds is 5. The van der Waals surface area contributed by atoms with E-state index in [4.69, 9.17) is 4.42 Å². The van der Waals surface area contributed by atoms with Crippen LogP contribution >= 0.6 is 11.3 Å². The number of nitrogens with one attached hydrogen (secondary N) is 2. The molecule has 0 bridgehead atoms. The zero-order valence-electron chi connectivity index (χ0n) is 15.4. The number of piperidine rings is 1. The van der Waals surface area contributed by atoms with Gasteiger partial charge in [0, 0.05) is 13.0 Å². The second-order valence-electron chi connectivity index (χ2n) is 6.67. The van der Waals surface area contributed by atoms with Crippen molar-refractivity contribution in [3.05, 3.63) is 34.8 Å². The van der Waals surface area contributed by atoms with Crippen LogP contribution in [0.25, 0.3) is 10.8 Å². The summed E-state index contributed by atoms with van der Waals surface area (Å²) in [4.78, 5) is 22.4. The van der Waals surface area contributed by atoms with Crippen molar-refractivity contribution in [1.82, 2.24) is 25.1 Å². The maximum atomic E-state index is 12.5. The van der Waals surface area contributed by atoms with Gasteiger partial charge in [-0.1, -0.05) is 6.07 Å². The lowest BCUT2D eigenvalue weighted by Crippen LogP contribution is -2.27. The van der Waals surface area contributed by atoms with Crippen LogP contribution in [0.2, 0.25) is 0 Å².